The molecule has 0 aliphatic heterocycles. The molecule has 1 aliphatic rings. The molecule has 1 fully saturated rings. The fourth-order valence-electron chi connectivity index (χ4n) is 3.56. The van der Waals surface area contributed by atoms with Crippen LogP contribution in [0.4, 0.5) is 0 Å². The summed E-state index contributed by atoms with van der Waals surface area (Å²) >= 11 is 0. The largest absolute Gasteiger partial charge is 0.312 e. The minimum Gasteiger partial charge on any atom is -0.312 e. The molecule has 1 N–H and O–H groups in total. The lowest BCUT2D eigenvalue weighted by atomic mass is 9.85. The molecule has 112 valence electrons. The molecule has 20 heavy (non-hydrogen) atoms. The van der Waals surface area contributed by atoms with E-state index in [-0.39, 0.29) is 0 Å². The molecule has 0 aromatic heterocycles. The van der Waals surface area contributed by atoms with Crippen LogP contribution in [0, 0.1) is 5.92 Å². The summed E-state index contributed by atoms with van der Waals surface area (Å²) in [5.41, 5.74) is 1.39. The first-order chi connectivity index (χ1) is 9.63. The average Bonchev–Trinajstić information content (AvgIpc) is 2.49. The fraction of sp³-hybridized carbons (Fsp3) is 0.667. The second-order valence-electron chi connectivity index (χ2n) is 6.50. The Balaban J connectivity index is 2.02. The molecule has 0 saturated heterocycles. The predicted octanol–water partition coefficient (Wildman–Crippen LogP) is 3.85. The van der Waals surface area contributed by atoms with Gasteiger partial charge in [-0.3, -0.25) is 4.90 Å². The van der Waals surface area contributed by atoms with Crippen LogP contribution in [0.3, 0.4) is 0 Å². The lowest BCUT2D eigenvalue weighted by Crippen LogP contribution is -2.46. The van der Waals surface area contributed by atoms with Gasteiger partial charge in [0.15, 0.2) is 0 Å². The Morgan fingerprint density at radius 1 is 1.10 bits per heavy atom. The average molecular weight is 274 g/mol. The minimum absolute atomic E-state index is 0.403. The van der Waals surface area contributed by atoms with Gasteiger partial charge < -0.3 is 5.32 Å². The van der Waals surface area contributed by atoms with E-state index in [1.807, 2.05) is 0 Å². The molecular formula is C18H30N2. The second-order valence-corrected chi connectivity index (χ2v) is 6.50. The molecule has 2 rings (SSSR count). The molecule has 1 aliphatic carbocycles. The molecule has 2 atom stereocenters. The van der Waals surface area contributed by atoms with Crippen molar-refractivity contribution in [1.82, 2.24) is 10.2 Å². The summed E-state index contributed by atoms with van der Waals surface area (Å²) in [7, 11) is 4.38. The van der Waals surface area contributed by atoms with Crippen molar-refractivity contribution < 1.29 is 0 Å². The van der Waals surface area contributed by atoms with Gasteiger partial charge in [0.25, 0.3) is 0 Å². The van der Waals surface area contributed by atoms with Crippen molar-refractivity contribution in [3.63, 3.8) is 0 Å². The third-order valence-corrected chi connectivity index (χ3v) is 5.16. The summed E-state index contributed by atoms with van der Waals surface area (Å²) < 4.78 is 0. The molecule has 1 aromatic carbocycles. The van der Waals surface area contributed by atoms with Crippen LogP contribution in [0.25, 0.3) is 0 Å². The number of hydrogen-bond donors (Lipinski definition) is 1. The predicted molar refractivity (Wildman–Crippen MR) is 86.9 cm³/mol. The number of likely N-dealkylation sites (N-methyl/N-ethyl adjacent to an activating group) is 2. The van der Waals surface area contributed by atoms with Crippen LogP contribution in [0.1, 0.15) is 51.1 Å². The van der Waals surface area contributed by atoms with Gasteiger partial charge in [-0.25, -0.2) is 0 Å². The van der Waals surface area contributed by atoms with Crippen molar-refractivity contribution in [1.29, 1.82) is 0 Å². The summed E-state index contributed by atoms with van der Waals surface area (Å²) in [6.07, 6.45) is 5.48. The van der Waals surface area contributed by atoms with E-state index in [2.05, 4.69) is 68.5 Å². The topological polar surface area (TPSA) is 15.3 Å². The number of nitrogens with one attached hydrogen (secondary N) is 1. The smallest absolute Gasteiger partial charge is 0.0472 e. The first-order valence-corrected chi connectivity index (χ1v) is 8.07. The normalized spacial score (nSPS) is 26.4. The van der Waals surface area contributed by atoms with Gasteiger partial charge in [0, 0.05) is 18.1 Å². The van der Waals surface area contributed by atoms with E-state index in [1.165, 1.54) is 31.2 Å². The Hall–Kier alpha value is -0.860. The molecule has 1 saturated carbocycles. The Bertz CT molecular complexity index is 382. The number of nitrogens with zero attached hydrogens (tertiary/aromatic N) is 1. The van der Waals surface area contributed by atoms with E-state index in [0.717, 1.165) is 12.0 Å². The van der Waals surface area contributed by atoms with Crippen molar-refractivity contribution in [3.05, 3.63) is 35.9 Å². The summed E-state index contributed by atoms with van der Waals surface area (Å²) in [4.78, 5) is 2.60. The third-order valence-electron chi connectivity index (χ3n) is 5.16. The zero-order chi connectivity index (χ0) is 14.5. The fourth-order valence-corrected chi connectivity index (χ4v) is 3.56. The summed E-state index contributed by atoms with van der Waals surface area (Å²) in [6, 6.07) is 12.5. The highest BCUT2D eigenvalue weighted by atomic mass is 15.2. The van der Waals surface area contributed by atoms with Crippen LogP contribution in [-0.4, -0.2) is 31.1 Å². The highest BCUT2D eigenvalue weighted by Crippen LogP contribution is 2.30. The first-order valence-electron chi connectivity index (χ1n) is 8.07. The molecule has 0 radical (unpaired) electrons. The van der Waals surface area contributed by atoms with Gasteiger partial charge in [0.05, 0.1) is 0 Å². The number of rotatable bonds is 5. The molecule has 0 spiro atoms. The molecule has 0 amide bonds. The summed E-state index contributed by atoms with van der Waals surface area (Å²) in [5, 5.41) is 3.51. The van der Waals surface area contributed by atoms with Crippen molar-refractivity contribution in [2.45, 2.75) is 57.7 Å². The second kappa shape index (κ2) is 7.24. The molecule has 2 unspecified atom stereocenters. The maximum absolute atomic E-state index is 3.51. The van der Waals surface area contributed by atoms with Crippen LogP contribution < -0.4 is 5.32 Å². The molecule has 2 heteroatoms. The number of hydrogen-bond acceptors (Lipinski definition) is 2. The van der Waals surface area contributed by atoms with Gasteiger partial charge in [-0.1, -0.05) is 37.3 Å². The van der Waals surface area contributed by atoms with E-state index < -0.39 is 0 Å². The van der Waals surface area contributed by atoms with E-state index in [9.17, 15) is 0 Å². The Morgan fingerprint density at radius 3 is 2.25 bits per heavy atom. The lowest BCUT2D eigenvalue weighted by molar-refractivity contribution is 0.110. The van der Waals surface area contributed by atoms with Crippen LogP contribution >= 0.6 is 0 Å². The first kappa shape index (κ1) is 15.5. The van der Waals surface area contributed by atoms with E-state index >= 15 is 0 Å². The minimum atomic E-state index is 0.403. The lowest BCUT2D eigenvalue weighted by Gasteiger charge is -2.40. The van der Waals surface area contributed by atoms with Gasteiger partial charge in [-0.05, 0) is 58.2 Å². The van der Waals surface area contributed by atoms with Crippen LogP contribution in [0.15, 0.2) is 30.3 Å². The zero-order valence-corrected chi connectivity index (χ0v) is 13.5. The number of benzene rings is 1. The highest BCUT2D eigenvalue weighted by Gasteiger charge is 2.28. The van der Waals surface area contributed by atoms with Crippen molar-refractivity contribution in [3.8, 4) is 0 Å². The Kier molecular flexibility index (Phi) is 5.62. The van der Waals surface area contributed by atoms with E-state index in [4.69, 9.17) is 0 Å². The Morgan fingerprint density at radius 2 is 1.70 bits per heavy atom. The maximum atomic E-state index is 3.51. The molecule has 1 aromatic rings. The van der Waals surface area contributed by atoms with E-state index in [1.54, 1.807) is 0 Å². The Labute approximate surface area is 124 Å². The SMILES string of the molecule is CNC(c1ccccc1)C(C)N(C)C1CCC(C)CC1. The maximum Gasteiger partial charge on any atom is 0.0472 e. The van der Waals surface area contributed by atoms with Crippen molar-refractivity contribution in [2.75, 3.05) is 14.1 Å². The molecular weight excluding hydrogens is 244 g/mol. The van der Waals surface area contributed by atoms with Gasteiger partial charge in [-0.2, -0.15) is 0 Å². The van der Waals surface area contributed by atoms with Crippen molar-refractivity contribution in [2.24, 2.45) is 5.92 Å². The van der Waals surface area contributed by atoms with E-state index in [0.29, 0.717) is 12.1 Å². The van der Waals surface area contributed by atoms with Crippen LogP contribution in [-0.2, 0) is 0 Å². The quantitative estimate of drug-likeness (QED) is 0.877. The summed E-state index contributed by atoms with van der Waals surface area (Å²) in [5.74, 6) is 0.921. The van der Waals surface area contributed by atoms with Gasteiger partial charge >= 0.3 is 0 Å². The monoisotopic (exact) mass is 274 g/mol. The van der Waals surface area contributed by atoms with Gasteiger partial charge in [0.1, 0.15) is 0 Å². The highest BCUT2D eigenvalue weighted by molar-refractivity contribution is 5.20. The molecule has 0 bridgehead atoms. The standard InChI is InChI=1S/C18H30N2/c1-14-10-12-17(13-11-14)20(4)15(2)18(19-3)16-8-6-5-7-9-16/h5-9,14-15,17-19H,10-13H2,1-4H3. The third kappa shape index (κ3) is 3.62. The van der Waals surface area contributed by atoms with Gasteiger partial charge in [0.2, 0.25) is 0 Å². The molecule has 2 nitrogen and oxygen atoms in total. The van der Waals surface area contributed by atoms with Crippen LogP contribution in [0.5, 0.6) is 0 Å². The van der Waals surface area contributed by atoms with Crippen LogP contribution in [0.2, 0.25) is 0 Å². The zero-order valence-electron chi connectivity index (χ0n) is 13.5. The molecule has 0 heterocycles. The summed E-state index contributed by atoms with van der Waals surface area (Å²) in [6.45, 7) is 4.74. The van der Waals surface area contributed by atoms with Crippen molar-refractivity contribution >= 4 is 0 Å². The van der Waals surface area contributed by atoms with Gasteiger partial charge in [-0.15, -0.1) is 0 Å².